The van der Waals surface area contributed by atoms with Crippen molar-refractivity contribution in [2.45, 2.75) is 0 Å². The molecule has 0 saturated carbocycles. The molecule has 4 heterocycles. The molecule has 0 unspecified atom stereocenters. The van der Waals surface area contributed by atoms with Gasteiger partial charge in [-0.3, -0.25) is 0 Å². The van der Waals surface area contributed by atoms with Gasteiger partial charge in [0.2, 0.25) is 0 Å². The van der Waals surface area contributed by atoms with Crippen molar-refractivity contribution in [1.29, 1.82) is 21.0 Å². The van der Waals surface area contributed by atoms with Gasteiger partial charge in [0.05, 0.1) is 9.75 Å². The number of ether oxygens (including phenoxy) is 2. The van der Waals surface area contributed by atoms with Crippen molar-refractivity contribution in [2.24, 2.45) is 0 Å². The van der Waals surface area contributed by atoms with E-state index in [2.05, 4.69) is 0 Å². The molecule has 0 fully saturated rings. The quantitative estimate of drug-likeness (QED) is 0.262. The third kappa shape index (κ3) is 5.41. The minimum Gasteiger partial charge on any atom is -0.485 e. The molecule has 0 spiro atoms. The lowest BCUT2D eigenvalue weighted by molar-refractivity contribution is 0.175. The van der Waals surface area contributed by atoms with E-state index in [0.29, 0.717) is 13.2 Å². The number of hydrogen-bond acceptors (Lipinski definition) is 9. The zero-order valence-electron chi connectivity index (χ0n) is 18.0. The summed E-state index contributed by atoms with van der Waals surface area (Å²) in [6, 6.07) is 15.4. The normalized spacial score (nSPS) is 11.9. The second-order valence-electron chi connectivity index (χ2n) is 6.85. The number of allylic oxidation sites excluding steroid dienone is 6. The van der Waals surface area contributed by atoms with Crippen molar-refractivity contribution < 1.29 is 9.47 Å². The molecule has 9 heteroatoms. The third-order valence-electron chi connectivity index (χ3n) is 4.63. The van der Waals surface area contributed by atoms with E-state index in [1.165, 1.54) is 12.2 Å². The first-order valence-electron chi connectivity index (χ1n) is 10.2. The molecule has 3 aromatic rings. The molecular weight excluding hydrogens is 497 g/mol. The zero-order valence-corrected chi connectivity index (χ0v) is 20.5. The van der Waals surface area contributed by atoms with Gasteiger partial charge in [-0.05, 0) is 48.6 Å². The molecule has 0 amide bonds. The van der Waals surface area contributed by atoms with Crippen LogP contribution >= 0.6 is 34.0 Å². The van der Waals surface area contributed by atoms with Crippen molar-refractivity contribution in [3.63, 3.8) is 0 Å². The van der Waals surface area contributed by atoms with Crippen LogP contribution in [0.15, 0.2) is 59.7 Å². The average Bonchev–Trinajstić information content (AvgIpc) is 3.63. The minimum absolute atomic E-state index is 0.0531. The molecular formula is C26H14N4O2S3. The summed E-state index contributed by atoms with van der Waals surface area (Å²) >= 11 is 4.77. The summed E-state index contributed by atoms with van der Waals surface area (Å²) in [5.74, 6) is 1.48. The number of fused-ring (bicyclic) bond motifs is 1. The number of rotatable bonds is 6. The van der Waals surface area contributed by atoms with Crippen LogP contribution in [0, 0.1) is 45.3 Å². The third-order valence-corrected chi connectivity index (χ3v) is 8.24. The van der Waals surface area contributed by atoms with Crippen LogP contribution in [0.5, 0.6) is 11.5 Å². The van der Waals surface area contributed by atoms with E-state index in [-0.39, 0.29) is 11.1 Å². The van der Waals surface area contributed by atoms with Gasteiger partial charge < -0.3 is 9.47 Å². The van der Waals surface area contributed by atoms with Gasteiger partial charge in [-0.25, -0.2) is 0 Å². The minimum atomic E-state index is 0.0531. The van der Waals surface area contributed by atoms with Gasteiger partial charge in [-0.1, -0.05) is 12.2 Å². The lowest BCUT2D eigenvalue weighted by atomic mass is 10.2. The maximum atomic E-state index is 8.85. The SMILES string of the molecule is N#CC(C#N)=C/C=C/c1ccc(-c2sc(-c3ccc(/C=C/C=C(C#N)C#N)s3)c3c2OCCO3)s1. The van der Waals surface area contributed by atoms with Gasteiger partial charge in [0.25, 0.3) is 0 Å². The molecule has 1 aliphatic heterocycles. The van der Waals surface area contributed by atoms with E-state index in [1.807, 2.05) is 60.7 Å². The predicted molar refractivity (Wildman–Crippen MR) is 139 cm³/mol. The van der Waals surface area contributed by atoms with Gasteiger partial charge in [0.1, 0.15) is 48.6 Å². The van der Waals surface area contributed by atoms with E-state index >= 15 is 0 Å². The Bertz CT molecular complexity index is 1410. The highest BCUT2D eigenvalue weighted by Gasteiger charge is 2.27. The Hall–Kier alpha value is -4.38. The molecule has 0 N–H and O–H groups in total. The Labute approximate surface area is 214 Å². The van der Waals surface area contributed by atoms with Crippen molar-refractivity contribution in [3.05, 3.63) is 69.5 Å². The van der Waals surface area contributed by atoms with E-state index in [1.54, 1.807) is 46.2 Å². The molecule has 4 rings (SSSR count). The van der Waals surface area contributed by atoms with Crippen molar-refractivity contribution in [1.82, 2.24) is 0 Å². The topological polar surface area (TPSA) is 114 Å². The number of thiophene rings is 3. The highest BCUT2D eigenvalue weighted by molar-refractivity contribution is 7.27. The zero-order chi connectivity index (χ0) is 24.6. The summed E-state index contributed by atoms with van der Waals surface area (Å²) < 4.78 is 12.0. The monoisotopic (exact) mass is 510 g/mol. The number of nitriles is 4. The van der Waals surface area contributed by atoms with Gasteiger partial charge in [0, 0.05) is 19.5 Å². The second kappa shape index (κ2) is 11.2. The van der Waals surface area contributed by atoms with Crippen LogP contribution in [0.2, 0.25) is 0 Å². The van der Waals surface area contributed by atoms with Crippen molar-refractivity contribution >= 4 is 46.2 Å². The summed E-state index contributed by atoms with van der Waals surface area (Å²) in [5, 5.41) is 35.4. The fraction of sp³-hybridized carbons (Fsp3) is 0.0769. The number of nitrogens with zero attached hydrogens (tertiary/aromatic N) is 4. The fourth-order valence-corrected chi connectivity index (χ4v) is 6.33. The molecule has 1 aliphatic rings. The summed E-state index contributed by atoms with van der Waals surface area (Å²) in [6.07, 6.45) is 10.1. The van der Waals surface area contributed by atoms with Crippen molar-refractivity contribution in [3.8, 4) is 55.3 Å². The van der Waals surface area contributed by atoms with E-state index in [0.717, 1.165) is 40.8 Å². The van der Waals surface area contributed by atoms with Gasteiger partial charge >= 0.3 is 0 Å². The van der Waals surface area contributed by atoms with Crippen LogP contribution in [-0.2, 0) is 0 Å². The van der Waals surface area contributed by atoms with Crippen LogP contribution in [0.3, 0.4) is 0 Å². The second-order valence-corrected chi connectivity index (χ2v) is 10.1. The van der Waals surface area contributed by atoms with Crippen LogP contribution in [0.1, 0.15) is 9.75 Å². The highest BCUT2D eigenvalue weighted by atomic mass is 32.1. The van der Waals surface area contributed by atoms with Crippen LogP contribution in [0.25, 0.3) is 31.7 Å². The average molecular weight is 511 g/mol. The lowest BCUT2D eigenvalue weighted by Crippen LogP contribution is -2.14. The first kappa shape index (κ1) is 23.8. The molecule has 35 heavy (non-hydrogen) atoms. The molecule has 0 atom stereocenters. The molecule has 3 aromatic heterocycles. The van der Waals surface area contributed by atoms with Crippen LogP contribution < -0.4 is 9.47 Å². The highest BCUT2D eigenvalue weighted by Crippen LogP contribution is 2.55. The molecule has 6 nitrogen and oxygen atoms in total. The molecule has 0 bridgehead atoms. The number of hydrogen-bond donors (Lipinski definition) is 0. The lowest BCUT2D eigenvalue weighted by Gasteiger charge is -2.16. The van der Waals surface area contributed by atoms with E-state index in [9.17, 15) is 0 Å². The van der Waals surface area contributed by atoms with Gasteiger partial charge in [0.15, 0.2) is 11.5 Å². The van der Waals surface area contributed by atoms with Crippen molar-refractivity contribution in [2.75, 3.05) is 13.2 Å². The van der Waals surface area contributed by atoms with Crippen LogP contribution in [0.4, 0.5) is 0 Å². The van der Waals surface area contributed by atoms with Crippen LogP contribution in [-0.4, -0.2) is 13.2 Å². The molecule has 168 valence electrons. The Morgan fingerprint density at radius 3 is 1.49 bits per heavy atom. The predicted octanol–water partition coefficient (Wildman–Crippen LogP) is 6.95. The van der Waals surface area contributed by atoms with E-state index in [4.69, 9.17) is 30.5 Å². The maximum absolute atomic E-state index is 8.85. The molecule has 0 aliphatic carbocycles. The summed E-state index contributed by atoms with van der Waals surface area (Å²) in [6.45, 7) is 0.962. The van der Waals surface area contributed by atoms with Gasteiger partial charge in [-0.15, -0.1) is 34.0 Å². The smallest absolute Gasteiger partial charge is 0.181 e. The Kier molecular flexibility index (Phi) is 7.58. The Morgan fingerprint density at radius 1 is 0.657 bits per heavy atom. The first-order chi connectivity index (χ1) is 17.2. The Balaban J connectivity index is 1.63. The van der Waals surface area contributed by atoms with E-state index < -0.39 is 0 Å². The largest absolute Gasteiger partial charge is 0.485 e. The van der Waals surface area contributed by atoms with Gasteiger partial charge in [-0.2, -0.15) is 21.0 Å². The molecule has 0 saturated heterocycles. The first-order valence-corrected chi connectivity index (χ1v) is 12.6. The Morgan fingerprint density at radius 2 is 1.09 bits per heavy atom. The fourth-order valence-electron chi connectivity index (χ4n) is 3.08. The molecule has 0 aromatic carbocycles. The summed E-state index contributed by atoms with van der Waals surface area (Å²) in [4.78, 5) is 6.02. The maximum Gasteiger partial charge on any atom is 0.181 e. The molecule has 0 radical (unpaired) electrons. The standard InChI is InChI=1S/C26H14N4O2S3/c27-13-17(14-28)3-1-5-19-7-9-21(33-19)25-23-24(32-12-11-31-23)26(35-25)22-10-8-20(34-22)6-2-4-18(15-29)16-30/h1-10H,11-12H2/b5-1+,6-2+. The summed E-state index contributed by atoms with van der Waals surface area (Å²) in [7, 11) is 0. The summed E-state index contributed by atoms with van der Waals surface area (Å²) in [5.41, 5.74) is 0.106.